The fourth-order valence-corrected chi connectivity index (χ4v) is 2.97. The molecule has 7 heteroatoms. The zero-order valence-corrected chi connectivity index (χ0v) is 12.4. The van der Waals surface area contributed by atoms with E-state index in [-0.39, 0.29) is 4.90 Å². The Kier molecular flexibility index (Phi) is 5.59. The molecule has 1 aromatic carbocycles. The van der Waals surface area contributed by atoms with E-state index in [4.69, 9.17) is 5.73 Å². The molecular weight excluding hydrogens is 264 g/mol. The SMILES string of the molecule is CNc1ccc(N)cc1S(=O)(=O)NCCCN(C)C. The van der Waals surface area contributed by atoms with E-state index in [2.05, 4.69) is 10.0 Å². The fourth-order valence-electron chi connectivity index (χ4n) is 1.65. The molecule has 0 aliphatic carbocycles. The van der Waals surface area contributed by atoms with Crippen molar-refractivity contribution in [3.05, 3.63) is 18.2 Å². The van der Waals surface area contributed by atoms with Crippen molar-refractivity contribution in [2.75, 3.05) is 45.3 Å². The normalized spacial score (nSPS) is 11.8. The van der Waals surface area contributed by atoms with Crippen LogP contribution in [0, 0.1) is 0 Å². The lowest BCUT2D eigenvalue weighted by atomic mass is 10.3. The minimum atomic E-state index is -3.53. The standard InChI is InChI=1S/C12H22N4O2S/c1-14-11-6-5-10(13)9-12(11)19(17,18)15-7-4-8-16(2)3/h5-6,9,14-15H,4,7-8,13H2,1-3H3. The van der Waals surface area contributed by atoms with Crippen molar-refractivity contribution < 1.29 is 8.42 Å². The molecule has 0 bridgehead atoms. The number of hydrogen-bond acceptors (Lipinski definition) is 5. The van der Waals surface area contributed by atoms with Gasteiger partial charge >= 0.3 is 0 Å². The molecule has 0 saturated heterocycles. The number of nitrogens with zero attached hydrogens (tertiary/aromatic N) is 1. The summed E-state index contributed by atoms with van der Waals surface area (Å²) < 4.78 is 27.0. The van der Waals surface area contributed by atoms with E-state index < -0.39 is 10.0 Å². The van der Waals surface area contributed by atoms with Gasteiger partial charge in [-0.05, 0) is 45.3 Å². The Balaban J connectivity index is 2.79. The van der Waals surface area contributed by atoms with Crippen molar-refractivity contribution in [1.29, 1.82) is 0 Å². The third kappa shape index (κ3) is 4.70. The molecule has 0 aliphatic rings. The van der Waals surface area contributed by atoms with Crippen LogP contribution < -0.4 is 15.8 Å². The molecule has 4 N–H and O–H groups in total. The van der Waals surface area contributed by atoms with Crippen LogP contribution in [0.3, 0.4) is 0 Å². The predicted octanol–water partition coefficient (Wildman–Crippen LogP) is 0.540. The molecule has 0 fully saturated rings. The molecule has 6 nitrogen and oxygen atoms in total. The molecule has 1 rings (SSSR count). The van der Waals surface area contributed by atoms with Gasteiger partial charge in [-0.1, -0.05) is 0 Å². The second-order valence-electron chi connectivity index (χ2n) is 4.56. The van der Waals surface area contributed by atoms with Crippen LogP contribution in [0.2, 0.25) is 0 Å². The number of rotatable bonds is 7. The van der Waals surface area contributed by atoms with Crippen LogP contribution in [0.5, 0.6) is 0 Å². The first kappa shape index (κ1) is 15.7. The first-order chi connectivity index (χ1) is 8.86. The van der Waals surface area contributed by atoms with Crippen molar-refractivity contribution in [1.82, 2.24) is 9.62 Å². The van der Waals surface area contributed by atoms with Crippen LogP contribution in [0.1, 0.15) is 6.42 Å². The Hall–Kier alpha value is -1.31. The van der Waals surface area contributed by atoms with Gasteiger partial charge < -0.3 is 16.0 Å². The van der Waals surface area contributed by atoms with Gasteiger partial charge in [0.2, 0.25) is 10.0 Å². The smallest absolute Gasteiger partial charge is 0.242 e. The molecule has 0 radical (unpaired) electrons. The molecule has 0 spiro atoms. The van der Waals surface area contributed by atoms with Crippen LogP contribution >= 0.6 is 0 Å². The van der Waals surface area contributed by atoms with E-state index in [1.807, 2.05) is 19.0 Å². The largest absolute Gasteiger partial charge is 0.399 e. The summed E-state index contributed by atoms with van der Waals surface area (Å²) in [7, 11) is 2.04. The van der Waals surface area contributed by atoms with E-state index in [1.54, 1.807) is 19.2 Å². The Labute approximate surface area is 115 Å². The monoisotopic (exact) mass is 286 g/mol. The quantitative estimate of drug-likeness (QED) is 0.503. The average Bonchev–Trinajstić information content (AvgIpc) is 2.34. The van der Waals surface area contributed by atoms with E-state index in [0.717, 1.165) is 13.0 Å². The molecular formula is C12H22N4O2S. The van der Waals surface area contributed by atoms with Gasteiger partial charge in [-0.25, -0.2) is 13.1 Å². The second-order valence-corrected chi connectivity index (χ2v) is 6.30. The lowest BCUT2D eigenvalue weighted by molar-refractivity contribution is 0.400. The average molecular weight is 286 g/mol. The molecule has 19 heavy (non-hydrogen) atoms. The number of anilines is 2. The molecule has 1 aromatic rings. The van der Waals surface area contributed by atoms with Gasteiger partial charge in [0.05, 0.1) is 5.69 Å². The summed E-state index contributed by atoms with van der Waals surface area (Å²) >= 11 is 0. The van der Waals surface area contributed by atoms with Crippen molar-refractivity contribution in [3.8, 4) is 0 Å². The molecule has 0 heterocycles. The molecule has 0 aliphatic heterocycles. The van der Waals surface area contributed by atoms with E-state index in [0.29, 0.717) is 17.9 Å². The van der Waals surface area contributed by atoms with Crippen molar-refractivity contribution >= 4 is 21.4 Å². The third-order valence-electron chi connectivity index (χ3n) is 2.64. The summed E-state index contributed by atoms with van der Waals surface area (Å²) in [5.74, 6) is 0. The topological polar surface area (TPSA) is 87.5 Å². The number of benzene rings is 1. The zero-order chi connectivity index (χ0) is 14.5. The Morgan fingerprint density at radius 2 is 2.00 bits per heavy atom. The first-order valence-electron chi connectivity index (χ1n) is 6.08. The lowest BCUT2D eigenvalue weighted by Gasteiger charge is -2.13. The zero-order valence-electron chi connectivity index (χ0n) is 11.6. The minimum absolute atomic E-state index is 0.180. The van der Waals surface area contributed by atoms with Crippen molar-refractivity contribution in [2.24, 2.45) is 0 Å². The van der Waals surface area contributed by atoms with E-state index in [9.17, 15) is 8.42 Å². The second kappa shape index (κ2) is 6.74. The molecule has 0 saturated carbocycles. The highest BCUT2D eigenvalue weighted by atomic mass is 32.2. The third-order valence-corrected chi connectivity index (χ3v) is 4.14. The number of hydrogen-bond donors (Lipinski definition) is 3. The number of nitrogens with one attached hydrogen (secondary N) is 2. The summed E-state index contributed by atoms with van der Waals surface area (Å²) in [6.45, 7) is 1.23. The number of nitrogens with two attached hydrogens (primary N) is 1. The van der Waals surface area contributed by atoms with Gasteiger partial charge in [0.25, 0.3) is 0 Å². The summed E-state index contributed by atoms with van der Waals surface area (Å²) in [5, 5.41) is 2.85. The van der Waals surface area contributed by atoms with Crippen LogP contribution in [0.25, 0.3) is 0 Å². The highest BCUT2D eigenvalue weighted by Crippen LogP contribution is 2.23. The van der Waals surface area contributed by atoms with Gasteiger partial charge in [-0.2, -0.15) is 0 Å². The molecule has 0 unspecified atom stereocenters. The highest BCUT2D eigenvalue weighted by Gasteiger charge is 2.17. The van der Waals surface area contributed by atoms with Crippen LogP contribution in [-0.4, -0.2) is 47.6 Å². The number of sulfonamides is 1. The Bertz CT molecular complexity index is 514. The maximum absolute atomic E-state index is 12.2. The van der Waals surface area contributed by atoms with Crippen LogP contribution in [-0.2, 0) is 10.0 Å². The van der Waals surface area contributed by atoms with Gasteiger partial charge in [0, 0.05) is 19.3 Å². The van der Waals surface area contributed by atoms with E-state index in [1.165, 1.54) is 6.07 Å². The van der Waals surface area contributed by atoms with Crippen molar-refractivity contribution in [2.45, 2.75) is 11.3 Å². The summed E-state index contributed by atoms with van der Waals surface area (Å²) in [6.07, 6.45) is 0.753. The maximum Gasteiger partial charge on any atom is 0.242 e. The minimum Gasteiger partial charge on any atom is -0.399 e. The Morgan fingerprint density at radius 1 is 1.32 bits per heavy atom. The molecule has 0 aromatic heterocycles. The van der Waals surface area contributed by atoms with Gasteiger partial charge in [-0.15, -0.1) is 0 Å². The summed E-state index contributed by atoms with van der Waals surface area (Å²) in [5.41, 5.74) is 6.61. The highest BCUT2D eigenvalue weighted by molar-refractivity contribution is 7.89. The van der Waals surface area contributed by atoms with Crippen LogP contribution in [0.4, 0.5) is 11.4 Å². The molecule has 108 valence electrons. The first-order valence-corrected chi connectivity index (χ1v) is 7.57. The van der Waals surface area contributed by atoms with Crippen molar-refractivity contribution in [3.63, 3.8) is 0 Å². The molecule has 0 atom stereocenters. The van der Waals surface area contributed by atoms with E-state index >= 15 is 0 Å². The molecule has 0 amide bonds. The summed E-state index contributed by atoms with van der Waals surface area (Å²) in [6, 6.07) is 4.78. The van der Waals surface area contributed by atoms with Gasteiger partial charge in [0.1, 0.15) is 4.90 Å². The maximum atomic E-state index is 12.2. The van der Waals surface area contributed by atoms with Gasteiger partial charge in [-0.3, -0.25) is 0 Å². The lowest BCUT2D eigenvalue weighted by Crippen LogP contribution is -2.28. The predicted molar refractivity (Wildman–Crippen MR) is 78.8 cm³/mol. The van der Waals surface area contributed by atoms with Gasteiger partial charge in [0.15, 0.2) is 0 Å². The Morgan fingerprint density at radius 3 is 2.58 bits per heavy atom. The number of nitrogen functional groups attached to an aromatic ring is 1. The fraction of sp³-hybridized carbons (Fsp3) is 0.500. The van der Waals surface area contributed by atoms with Crippen LogP contribution in [0.15, 0.2) is 23.1 Å². The summed E-state index contributed by atoms with van der Waals surface area (Å²) in [4.78, 5) is 2.19.